The molecular formula is C15H20N2O. The Labute approximate surface area is 108 Å². The Morgan fingerprint density at radius 1 is 1.28 bits per heavy atom. The highest BCUT2D eigenvalue weighted by Gasteiger charge is 2.11. The van der Waals surface area contributed by atoms with Gasteiger partial charge >= 0.3 is 0 Å². The van der Waals surface area contributed by atoms with Crippen LogP contribution in [0.1, 0.15) is 18.1 Å². The molecule has 0 saturated heterocycles. The lowest BCUT2D eigenvalue weighted by Gasteiger charge is -2.24. The number of aryl methyl sites for hydroxylation is 2. The smallest absolute Gasteiger partial charge is 0.110 e. The normalized spacial score (nSPS) is 10.6. The fraction of sp³-hybridized carbons (Fsp3) is 0.333. The van der Waals surface area contributed by atoms with E-state index in [1.54, 1.807) is 0 Å². The van der Waals surface area contributed by atoms with Crippen molar-refractivity contribution >= 4 is 11.5 Å². The molecule has 18 heavy (non-hydrogen) atoms. The van der Waals surface area contributed by atoms with Gasteiger partial charge in [-0.1, -0.05) is 19.1 Å². The van der Waals surface area contributed by atoms with Gasteiger partial charge < -0.3 is 15.0 Å². The van der Waals surface area contributed by atoms with Crippen LogP contribution in [0.5, 0.6) is 0 Å². The van der Waals surface area contributed by atoms with Gasteiger partial charge in [-0.2, -0.15) is 0 Å². The number of aromatic amines is 1. The summed E-state index contributed by atoms with van der Waals surface area (Å²) >= 11 is 0. The van der Waals surface area contributed by atoms with Crippen LogP contribution in [0, 0.1) is 6.92 Å². The summed E-state index contributed by atoms with van der Waals surface area (Å²) in [5, 5.41) is 9.23. The van der Waals surface area contributed by atoms with E-state index in [0.717, 1.165) is 17.9 Å². The molecule has 2 rings (SSSR count). The SMILES string of the molecule is CCc1ccc(N(CCO)c2ccc[nH]2)c(C)c1. The summed E-state index contributed by atoms with van der Waals surface area (Å²) in [7, 11) is 0. The maximum absolute atomic E-state index is 9.23. The second-order valence-corrected chi connectivity index (χ2v) is 4.40. The van der Waals surface area contributed by atoms with Gasteiger partial charge in [0.15, 0.2) is 0 Å². The standard InChI is InChI=1S/C15H20N2O/c1-3-13-6-7-14(12(2)11-13)17(9-10-18)15-5-4-8-16-15/h4-8,11,16,18H,3,9-10H2,1-2H3. The van der Waals surface area contributed by atoms with Crippen molar-refractivity contribution in [2.45, 2.75) is 20.3 Å². The molecule has 1 aromatic carbocycles. The minimum absolute atomic E-state index is 0.133. The van der Waals surface area contributed by atoms with Crippen LogP contribution in [-0.2, 0) is 6.42 Å². The van der Waals surface area contributed by atoms with Crippen molar-refractivity contribution in [2.24, 2.45) is 0 Å². The first-order valence-corrected chi connectivity index (χ1v) is 6.37. The molecular weight excluding hydrogens is 224 g/mol. The van der Waals surface area contributed by atoms with Gasteiger partial charge in [-0.15, -0.1) is 0 Å². The zero-order chi connectivity index (χ0) is 13.0. The Morgan fingerprint density at radius 2 is 2.11 bits per heavy atom. The van der Waals surface area contributed by atoms with Crippen molar-refractivity contribution in [3.05, 3.63) is 47.7 Å². The van der Waals surface area contributed by atoms with Crippen LogP contribution in [0.3, 0.4) is 0 Å². The van der Waals surface area contributed by atoms with E-state index in [1.165, 1.54) is 11.1 Å². The Balaban J connectivity index is 2.37. The lowest BCUT2D eigenvalue weighted by molar-refractivity contribution is 0.305. The number of benzene rings is 1. The molecule has 0 fully saturated rings. The maximum Gasteiger partial charge on any atom is 0.110 e. The largest absolute Gasteiger partial charge is 0.395 e. The lowest BCUT2D eigenvalue weighted by Crippen LogP contribution is -2.22. The summed E-state index contributed by atoms with van der Waals surface area (Å²) in [6.45, 7) is 4.99. The Kier molecular flexibility index (Phi) is 4.05. The molecule has 1 aromatic heterocycles. The van der Waals surface area contributed by atoms with E-state index in [4.69, 9.17) is 0 Å². The summed E-state index contributed by atoms with van der Waals surface area (Å²) in [5.74, 6) is 1.01. The molecule has 0 radical (unpaired) electrons. The minimum atomic E-state index is 0.133. The Hall–Kier alpha value is -1.74. The molecule has 96 valence electrons. The number of anilines is 2. The van der Waals surface area contributed by atoms with Gasteiger partial charge in [0.05, 0.1) is 6.61 Å². The van der Waals surface area contributed by atoms with Gasteiger partial charge in [0.1, 0.15) is 5.82 Å². The summed E-state index contributed by atoms with van der Waals surface area (Å²) < 4.78 is 0. The second kappa shape index (κ2) is 5.74. The molecule has 0 atom stereocenters. The highest BCUT2D eigenvalue weighted by atomic mass is 16.3. The lowest BCUT2D eigenvalue weighted by atomic mass is 10.1. The predicted octanol–water partition coefficient (Wildman–Crippen LogP) is 3.02. The number of rotatable bonds is 5. The molecule has 0 saturated carbocycles. The molecule has 3 heteroatoms. The van der Waals surface area contributed by atoms with E-state index in [9.17, 15) is 5.11 Å². The summed E-state index contributed by atoms with van der Waals surface area (Å²) in [6, 6.07) is 10.5. The third-order valence-corrected chi connectivity index (χ3v) is 3.16. The molecule has 3 nitrogen and oxygen atoms in total. The van der Waals surface area contributed by atoms with Crippen LogP contribution < -0.4 is 4.90 Å². The van der Waals surface area contributed by atoms with Crippen LogP contribution in [0.15, 0.2) is 36.5 Å². The number of aliphatic hydroxyl groups is 1. The van der Waals surface area contributed by atoms with E-state index >= 15 is 0 Å². The highest BCUT2D eigenvalue weighted by Crippen LogP contribution is 2.27. The highest BCUT2D eigenvalue weighted by molar-refractivity contribution is 5.64. The number of hydrogen-bond donors (Lipinski definition) is 2. The number of aliphatic hydroxyl groups excluding tert-OH is 1. The molecule has 2 N–H and O–H groups in total. The third kappa shape index (κ3) is 2.57. The summed E-state index contributed by atoms with van der Waals surface area (Å²) in [6.07, 6.45) is 2.94. The van der Waals surface area contributed by atoms with Gasteiger partial charge in [0, 0.05) is 18.4 Å². The zero-order valence-electron chi connectivity index (χ0n) is 11.0. The average Bonchev–Trinajstić information content (AvgIpc) is 2.90. The molecule has 0 aliphatic carbocycles. The Bertz CT molecular complexity index is 491. The first kappa shape index (κ1) is 12.7. The van der Waals surface area contributed by atoms with Crippen LogP contribution in [0.2, 0.25) is 0 Å². The fourth-order valence-corrected chi connectivity index (χ4v) is 2.20. The minimum Gasteiger partial charge on any atom is -0.395 e. The molecule has 2 aromatic rings. The van der Waals surface area contributed by atoms with Gasteiger partial charge in [0.25, 0.3) is 0 Å². The average molecular weight is 244 g/mol. The van der Waals surface area contributed by atoms with Crippen LogP contribution in [0.4, 0.5) is 11.5 Å². The van der Waals surface area contributed by atoms with E-state index < -0.39 is 0 Å². The number of nitrogens with zero attached hydrogens (tertiary/aromatic N) is 1. The fourth-order valence-electron chi connectivity index (χ4n) is 2.20. The number of H-pyrrole nitrogens is 1. The molecule has 0 unspecified atom stereocenters. The van der Waals surface area contributed by atoms with Gasteiger partial charge in [0.2, 0.25) is 0 Å². The molecule has 0 bridgehead atoms. The monoisotopic (exact) mass is 244 g/mol. The van der Waals surface area contributed by atoms with E-state index in [2.05, 4.69) is 41.9 Å². The topological polar surface area (TPSA) is 39.3 Å². The predicted molar refractivity (Wildman–Crippen MR) is 75.4 cm³/mol. The van der Waals surface area contributed by atoms with Crippen molar-refractivity contribution in [1.82, 2.24) is 4.98 Å². The van der Waals surface area contributed by atoms with Crippen molar-refractivity contribution in [2.75, 3.05) is 18.1 Å². The first-order chi connectivity index (χ1) is 8.76. The molecule has 1 heterocycles. The van der Waals surface area contributed by atoms with Crippen LogP contribution >= 0.6 is 0 Å². The van der Waals surface area contributed by atoms with Crippen LogP contribution in [-0.4, -0.2) is 23.2 Å². The Morgan fingerprint density at radius 3 is 2.67 bits per heavy atom. The molecule has 0 aliphatic heterocycles. The third-order valence-electron chi connectivity index (χ3n) is 3.16. The quantitative estimate of drug-likeness (QED) is 0.848. The van der Waals surface area contributed by atoms with Crippen molar-refractivity contribution < 1.29 is 5.11 Å². The van der Waals surface area contributed by atoms with Crippen molar-refractivity contribution in [3.63, 3.8) is 0 Å². The van der Waals surface area contributed by atoms with E-state index in [-0.39, 0.29) is 6.61 Å². The summed E-state index contributed by atoms with van der Waals surface area (Å²) in [5.41, 5.74) is 3.72. The molecule has 0 spiro atoms. The van der Waals surface area contributed by atoms with Crippen molar-refractivity contribution in [3.8, 4) is 0 Å². The maximum atomic E-state index is 9.23. The number of aromatic nitrogens is 1. The summed E-state index contributed by atoms with van der Waals surface area (Å²) in [4.78, 5) is 5.30. The van der Waals surface area contributed by atoms with Crippen LogP contribution in [0.25, 0.3) is 0 Å². The second-order valence-electron chi connectivity index (χ2n) is 4.40. The first-order valence-electron chi connectivity index (χ1n) is 6.37. The van der Waals surface area contributed by atoms with Gasteiger partial charge in [-0.25, -0.2) is 0 Å². The van der Waals surface area contributed by atoms with Crippen molar-refractivity contribution in [1.29, 1.82) is 0 Å². The van der Waals surface area contributed by atoms with Gasteiger partial charge in [-0.3, -0.25) is 0 Å². The van der Waals surface area contributed by atoms with E-state index in [1.807, 2.05) is 18.3 Å². The molecule has 0 aliphatic rings. The number of nitrogens with one attached hydrogen (secondary N) is 1. The number of hydrogen-bond acceptors (Lipinski definition) is 2. The van der Waals surface area contributed by atoms with E-state index in [0.29, 0.717) is 6.54 Å². The zero-order valence-corrected chi connectivity index (χ0v) is 11.0. The van der Waals surface area contributed by atoms with Gasteiger partial charge in [-0.05, 0) is 42.7 Å². The molecule has 0 amide bonds.